The molecule has 418 valence electrons. The number of rotatable bonds is 7. The Morgan fingerprint density at radius 3 is 0.733 bits per heavy atom. The van der Waals surface area contributed by atoms with Gasteiger partial charge in [-0.25, -0.2) is 0 Å². The quantitative estimate of drug-likeness (QED) is 0.160. The number of fused-ring (bicyclic) bond motifs is 21. The summed E-state index contributed by atoms with van der Waals surface area (Å²) >= 11 is 0. The minimum atomic E-state index is 0.497. The Balaban J connectivity index is 0.933. The van der Waals surface area contributed by atoms with Gasteiger partial charge in [-0.1, -0.05) is 212 Å². The third-order valence-corrected chi connectivity index (χ3v) is 18.8. The summed E-state index contributed by atoms with van der Waals surface area (Å²) in [6.45, 7) is 0. The fraction of sp³-hybridized carbons (Fsp3) is 0. The molecule has 13 aromatic carbocycles. The van der Waals surface area contributed by atoms with E-state index in [9.17, 15) is 0 Å². The summed E-state index contributed by atoms with van der Waals surface area (Å²) in [7, 11) is 0. The van der Waals surface area contributed by atoms with Gasteiger partial charge in [0.15, 0.2) is 5.82 Å². The lowest BCUT2D eigenvalue weighted by atomic mass is 10.1. The third-order valence-electron chi connectivity index (χ3n) is 18.8. The normalized spacial score (nSPS) is 12.2. The van der Waals surface area contributed by atoms with Crippen LogP contribution in [0.3, 0.4) is 0 Å². The average molecular weight is 1150 g/mol. The molecule has 90 heavy (non-hydrogen) atoms. The summed E-state index contributed by atoms with van der Waals surface area (Å²) in [6.07, 6.45) is 0. The van der Waals surface area contributed by atoms with Crippen molar-refractivity contribution in [2.75, 3.05) is 0 Å². The molecule has 0 saturated heterocycles. The van der Waals surface area contributed by atoms with Gasteiger partial charge in [0.25, 0.3) is 0 Å². The van der Waals surface area contributed by atoms with Crippen molar-refractivity contribution >= 4 is 131 Å². The minimum Gasteiger partial charge on any atom is -0.307 e. The lowest BCUT2D eigenvalue weighted by Gasteiger charge is -2.16. The van der Waals surface area contributed by atoms with Crippen LogP contribution in [0, 0.1) is 0 Å². The summed E-state index contributed by atoms with van der Waals surface area (Å²) in [5.41, 5.74) is 17.9. The van der Waals surface area contributed by atoms with Crippen LogP contribution in [-0.2, 0) is 0 Å². The summed E-state index contributed by atoms with van der Waals surface area (Å²) in [4.78, 5) is 17.5. The number of hydrogen-bond donors (Lipinski definition) is 0. The fourth-order valence-electron chi connectivity index (χ4n) is 15.2. The molecule has 20 rings (SSSR count). The molecule has 0 radical (unpaired) electrons. The predicted molar refractivity (Wildman–Crippen MR) is 371 cm³/mol. The molecule has 0 saturated carbocycles. The molecule has 7 aromatic heterocycles. The van der Waals surface area contributed by atoms with Crippen molar-refractivity contribution in [3.63, 3.8) is 0 Å². The number of nitrogens with zero attached hydrogens (tertiary/aromatic N) is 9. The Morgan fingerprint density at radius 2 is 0.422 bits per heavy atom. The summed E-state index contributed by atoms with van der Waals surface area (Å²) in [5, 5.41) is 13.7. The Morgan fingerprint density at radius 1 is 0.178 bits per heavy atom. The first-order valence-corrected chi connectivity index (χ1v) is 30.6. The molecular weight excluding hydrogens is 1100 g/mol. The Bertz CT molecular complexity index is 6140. The SMILES string of the molecule is c1ccc(-n2c3ccccc3c3ccc4c5ccccc5n(-c5cccc(-c6nc(-n7c8ccccc8c8ccc9c%10ccccc%10n(-c%10ccccc%10)c9c87)nc(-n7c8ccccc8c8ccc9c%10ccccc%10n(-c%10ccccc%10)c9c87)n6)c5)c4c32)cc1. The van der Waals surface area contributed by atoms with E-state index in [2.05, 4.69) is 325 Å². The molecule has 0 bridgehead atoms. The van der Waals surface area contributed by atoms with Gasteiger partial charge in [-0.05, 0) is 84.9 Å². The van der Waals surface area contributed by atoms with Crippen molar-refractivity contribution in [2.45, 2.75) is 0 Å². The first kappa shape index (κ1) is 48.9. The van der Waals surface area contributed by atoms with E-state index in [1.165, 1.54) is 32.3 Å². The molecule has 0 aliphatic carbocycles. The van der Waals surface area contributed by atoms with Crippen LogP contribution < -0.4 is 0 Å². The van der Waals surface area contributed by atoms with Crippen LogP contribution in [0.1, 0.15) is 0 Å². The molecule has 0 spiro atoms. The van der Waals surface area contributed by atoms with E-state index in [4.69, 9.17) is 15.0 Å². The van der Waals surface area contributed by atoms with E-state index in [0.29, 0.717) is 17.7 Å². The molecule has 0 unspecified atom stereocenters. The second kappa shape index (κ2) is 18.6. The maximum absolute atomic E-state index is 5.90. The Hall–Kier alpha value is -12.3. The van der Waals surface area contributed by atoms with E-state index >= 15 is 0 Å². The highest BCUT2D eigenvalue weighted by atomic mass is 15.3. The minimum absolute atomic E-state index is 0.497. The van der Waals surface area contributed by atoms with Crippen molar-refractivity contribution < 1.29 is 0 Å². The lowest BCUT2D eigenvalue weighted by molar-refractivity contribution is 0.893. The zero-order valence-corrected chi connectivity index (χ0v) is 48.3. The molecule has 0 atom stereocenters. The average Bonchev–Trinajstić information content (AvgIpc) is 1.56. The molecule has 0 aliphatic rings. The Kier molecular flexibility index (Phi) is 10.1. The van der Waals surface area contributed by atoms with Gasteiger partial charge in [0.05, 0.1) is 66.2 Å². The highest BCUT2D eigenvalue weighted by Crippen LogP contribution is 2.46. The zero-order chi connectivity index (χ0) is 58.7. The summed E-state index contributed by atoms with van der Waals surface area (Å²) in [6, 6.07) is 107. The van der Waals surface area contributed by atoms with Gasteiger partial charge in [-0.2, -0.15) is 15.0 Å². The van der Waals surface area contributed by atoms with E-state index in [1.807, 2.05) is 0 Å². The van der Waals surface area contributed by atoms with Crippen LogP contribution in [0.25, 0.3) is 177 Å². The van der Waals surface area contributed by atoms with Crippen LogP contribution in [0.4, 0.5) is 0 Å². The highest BCUT2D eigenvalue weighted by Gasteiger charge is 2.28. The summed E-state index contributed by atoms with van der Waals surface area (Å²) in [5.74, 6) is 1.53. The van der Waals surface area contributed by atoms with Gasteiger partial charge in [0, 0.05) is 92.9 Å². The van der Waals surface area contributed by atoms with E-state index in [0.717, 1.165) is 127 Å². The van der Waals surface area contributed by atoms with Crippen molar-refractivity contribution in [3.05, 3.63) is 297 Å². The van der Waals surface area contributed by atoms with Crippen molar-refractivity contribution in [2.24, 2.45) is 0 Å². The smallest absolute Gasteiger partial charge is 0.240 e. The first-order chi connectivity index (χ1) is 44.7. The van der Waals surface area contributed by atoms with Gasteiger partial charge in [-0.3, -0.25) is 9.13 Å². The standard InChI is InChI=1S/C81H49N9/c1-4-24-51(25-5-1)85-67-37-16-10-31-55(67)61-43-44-62-58-34-13-19-40-70(58)88(74(62)73(61)85)54-30-22-23-50(49-54)79-82-80(89-71-41-20-14-35-59(71)65-47-45-63-56-32-11-17-38-68(56)86(75(63)77(65)89)52-26-6-2-7-27-52)84-81(83-79)90-72-42-21-15-36-60(72)66-48-46-64-57-33-12-18-39-69(57)87(76(64)78(66)90)53-28-8-3-9-29-53/h1-49H. The number of para-hydroxylation sites is 9. The van der Waals surface area contributed by atoms with Gasteiger partial charge in [-0.15, -0.1) is 0 Å². The summed E-state index contributed by atoms with van der Waals surface area (Å²) < 4.78 is 14.3. The monoisotopic (exact) mass is 1150 g/mol. The van der Waals surface area contributed by atoms with Gasteiger partial charge >= 0.3 is 0 Å². The molecule has 7 heterocycles. The van der Waals surface area contributed by atoms with Crippen LogP contribution >= 0.6 is 0 Å². The molecule has 9 heteroatoms. The zero-order valence-electron chi connectivity index (χ0n) is 48.3. The van der Waals surface area contributed by atoms with E-state index in [1.54, 1.807) is 0 Å². The molecular formula is C81H49N9. The molecule has 20 aromatic rings. The Labute approximate surface area is 513 Å². The third kappa shape index (κ3) is 6.71. The van der Waals surface area contributed by atoms with Crippen molar-refractivity contribution in [1.82, 2.24) is 42.4 Å². The van der Waals surface area contributed by atoms with Gasteiger partial charge in [0.2, 0.25) is 11.9 Å². The fourth-order valence-corrected chi connectivity index (χ4v) is 15.2. The van der Waals surface area contributed by atoms with Crippen LogP contribution in [0.5, 0.6) is 0 Å². The second-order valence-corrected chi connectivity index (χ2v) is 23.5. The highest BCUT2D eigenvalue weighted by molar-refractivity contribution is 6.27. The number of benzene rings is 13. The first-order valence-electron chi connectivity index (χ1n) is 30.6. The van der Waals surface area contributed by atoms with E-state index < -0.39 is 0 Å². The molecule has 0 aliphatic heterocycles. The molecule has 0 fully saturated rings. The van der Waals surface area contributed by atoms with Crippen molar-refractivity contribution in [1.29, 1.82) is 0 Å². The molecule has 0 N–H and O–H groups in total. The topological polar surface area (TPSA) is 68.2 Å². The second-order valence-electron chi connectivity index (χ2n) is 23.5. The van der Waals surface area contributed by atoms with Crippen LogP contribution in [0.2, 0.25) is 0 Å². The maximum Gasteiger partial charge on any atom is 0.240 e. The van der Waals surface area contributed by atoms with E-state index in [-0.39, 0.29) is 0 Å². The number of hydrogen-bond acceptors (Lipinski definition) is 3. The van der Waals surface area contributed by atoms with Crippen molar-refractivity contribution in [3.8, 4) is 46.0 Å². The van der Waals surface area contributed by atoms with Gasteiger partial charge in [0.1, 0.15) is 0 Å². The van der Waals surface area contributed by atoms with Gasteiger partial charge < -0.3 is 18.3 Å². The molecule has 0 amide bonds. The molecule has 9 nitrogen and oxygen atoms in total. The number of aromatic nitrogens is 9. The predicted octanol–water partition coefficient (Wildman–Crippen LogP) is 20.1. The maximum atomic E-state index is 5.90. The lowest BCUT2D eigenvalue weighted by Crippen LogP contribution is -2.11. The van der Waals surface area contributed by atoms with Crippen LogP contribution in [-0.4, -0.2) is 42.4 Å². The largest absolute Gasteiger partial charge is 0.307 e. The van der Waals surface area contributed by atoms with Crippen LogP contribution in [0.15, 0.2) is 297 Å².